The summed E-state index contributed by atoms with van der Waals surface area (Å²) in [5, 5.41) is 4.47. The number of nitrogens with zero attached hydrogens (tertiary/aromatic N) is 1. The first-order valence-electron chi connectivity index (χ1n) is 10.4. The molecule has 1 aromatic heterocycles. The van der Waals surface area contributed by atoms with E-state index in [1.807, 2.05) is 0 Å². The minimum Gasteiger partial charge on any atom is -0.446 e. The molecule has 1 amide bonds. The van der Waals surface area contributed by atoms with E-state index in [0.29, 0.717) is 24.4 Å². The van der Waals surface area contributed by atoms with Gasteiger partial charge in [-0.1, -0.05) is 12.1 Å². The van der Waals surface area contributed by atoms with Crippen LogP contribution in [0.15, 0.2) is 24.4 Å². The quantitative estimate of drug-likeness (QED) is 0.868. The van der Waals surface area contributed by atoms with E-state index in [4.69, 9.17) is 4.74 Å². The van der Waals surface area contributed by atoms with Crippen molar-refractivity contribution in [2.75, 3.05) is 20.1 Å². The Kier molecular flexibility index (Phi) is 4.35. The minimum absolute atomic E-state index is 0.131. The summed E-state index contributed by atoms with van der Waals surface area (Å²) in [5.41, 5.74) is 4.18. The van der Waals surface area contributed by atoms with Crippen molar-refractivity contribution in [3.63, 3.8) is 0 Å². The van der Waals surface area contributed by atoms with Crippen LogP contribution in [0.4, 0.5) is 4.79 Å². The monoisotopic (exact) mass is 367 g/mol. The molecule has 0 spiro atoms. The molecule has 3 atom stereocenters. The number of ether oxygens (including phenoxy) is 1. The topological polar surface area (TPSA) is 57.4 Å². The number of aromatic nitrogens is 1. The van der Waals surface area contributed by atoms with E-state index in [1.165, 1.54) is 34.9 Å². The summed E-state index contributed by atoms with van der Waals surface area (Å²) in [6, 6.07) is 7.20. The zero-order valence-corrected chi connectivity index (χ0v) is 16.0. The molecule has 1 aliphatic heterocycles. The number of amides is 1. The van der Waals surface area contributed by atoms with Gasteiger partial charge in [0.2, 0.25) is 0 Å². The van der Waals surface area contributed by atoms with Crippen LogP contribution in [0.25, 0.3) is 10.9 Å². The third kappa shape index (κ3) is 3.12. The molecule has 2 fully saturated rings. The molecule has 0 unspecified atom stereocenters. The van der Waals surface area contributed by atoms with Gasteiger partial charge in [0.25, 0.3) is 0 Å². The molecule has 27 heavy (non-hydrogen) atoms. The first-order valence-corrected chi connectivity index (χ1v) is 10.4. The highest BCUT2D eigenvalue weighted by Crippen LogP contribution is 2.44. The fraction of sp³-hybridized carbons (Fsp3) is 0.591. The summed E-state index contributed by atoms with van der Waals surface area (Å²) in [6.07, 6.45) is 8.73. The predicted octanol–water partition coefficient (Wildman–Crippen LogP) is 3.80. The molecule has 0 bridgehead atoms. The molecule has 0 radical (unpaired) electrons. The van der Waals surface area contributed by atoms with Crippen molar-refractivity contribution in [2.45, 2.75) is 56.6 Å². The predicted molar refractivity (Wildman–Crippen MR) is 106 cm³/mol. The first-order chi connectivity index (χ1) is 13.2. The smallest absolute Gasteiger partial charge is 0.407 e. The number of piperidine rings is 1. The van der Waals surface area contributed by atoms with Crippen LogP contribution in [0.1, 0.15) is 49.1 Å². The van der Waals surface area contributed by atoms with Crippen molar-refractivity contribution in [2.24, 2.45) is 5.92 Å². The second-order valence-corrected chi connectivity index (χ2v) is 8.70. The molecule has 2 N–H and O–H groups in total. The molecule has 2 aliphatic carbocycles. The van der Waals surface area contributed by atoms with Crippen molar-refractivity contribution < 1.29 is 9.53 Å². The number of H-pyrrole nitrogens is 1. The standard InChI is InChI=1S/C22H29N3O2/c1-25-13-14(11-24-22(26)27-16-5-2-3-6-16)9-18-17-7-4-8-19-21(17)15(12-23-19)10-20(18)25/h4,7-8,12,14,16,18,20,23H,2-3,5-6,9-11,13H2,1H3,(H,24,26)/t14-,18+,20+/m0/s1. The van der Waals surface area contributed by atoms with E-state index in [2.05, 4.69) is 46.6 Å². The van der Waals surface area contributed by atoms with Gasteiger partial charge in [0, 0.05) is 42.1 Å². The number of carbonyl (C=O) groups is 1. The maximum absolute atomic E-state index is 12.1. The fourth-order valence-electron chi connectivity index (χ4n) is 5.63. The molecule has 1 saturated heterocycles. The van der Waals surface area contributed by atoms with Crippen LogP contribution in [-0.4, -0.2) is 48.3 Å². The third-order valence-electron chi connectivity index (χ3n) is 6.92. The minimum atomic E-state index is -0.231. The summed E-state index contributed by atoms with van der Waals surface area (Å²) < 4.78 is 5.55. The third-order valence-corrected chi connectivity index (χ3v) is 6.92. The number of benzene rings is 1. The van der Waals surface area contributed by atoms with E-state index < -0.39 is 0 Å². The van der Waals surface area contributed by atoms with E-state index in [9.17, 15) is 4.79 Å². The average molecular weight is 367 g/mol. The SMILES string of the molecule is CN1C[C@H](CNC(=O)OC2CCCC2)C[C@@H]2c3cccc4[nH]cc(c34)C[C@H]21. The van der Waals surface area contributed by atoms with Gasteiger partial charge in [-0.05, 0) is 68.7 Å². The Morgan fingerprint density at radius 2 is 2.19 bits per heavy atom. The lowest BCUT2D eigenvalue weighted by molar-refractivity contribution is 0.0892. The Bertz CT molecular complexity index is 839. The largest absolute Gasteiger partial charge is 0.446 e. The highest BCUT2D eigenvalue weighted by Gasteiger charge is 2.39. The summed E-state index contributed by atoms with van der Waals surface area (Å²) in [6.45, 7) is 1.73. The number of likely N-dealkylation sites (N-methyl/N-ethyl adjacent to an activating group) is 1. The van der Waals surface area contributed by atoms with Crippen LogP contribution < -0.4 is 5.32 Å². The Hall–Kier alpha value is -2.01. The Morgan fingerprint density at radius 1 is 1.33 bits per heavy atom. The Balaban J connectivity index is 1.28. The molecule has 144 valence electrons. The molecule has 3 aliphatic rings. The van der Waals surface area contributed by atoms with Gasteiger partial charge in [-0.25, -0.2) is 4.79 Å². The summed E-state index contributed by atoms with van der Waals surface area (Å²) in [7, 11) is 2.23. The first kappa shape index (κ1) is 17.1. The lowest BCUT2D eigenvalue weighted by Gasteiger charge is -2.45. The average Bonchev–Trinajstić information content (AvgIpc) is 3.32. The van der Waals surface area contributed by atoms with E-state index in [-0.39, 0.29) is 12.2 Å². The molecular formula is C22H29N3O2. The van der Waals surface area contributed by atoms with Crippen LogP contribution in [0.5, 0.6) is 0 Å². The van der Waals surface area contributed by atoms with Gasteiger partial charge in [0.05, 0.1) is 0 Å². The van der Waals surface area contributed by atoms with Crippen molar-refractivity contribution in [3.8, 4) is 0 Å². The fourth-order valence-corrected chi connectivity index (χ4v) is 5.63. The normalized spacial score (nSPS) is 28.3. The van der Waals surface area contributed by atoms with E-state index >= 15 is 0 Å². The van der Waals surface area contributed by atoms with Gasteiger partial charge in [-0.15, -0.1) is 0 Å². The van der Waals surface area contributed by atoms with Crippen molar-refractivity contribution in [1.29, 1.82) is 0 Å². The van der Waals surface area contributed by atoms with Crippen molar-refractivity contribution >= 4 is 17.0 Å². The molecule has 2 heterocycles. The van der Waals surface area contributed by atoms with Gasteiger partial charge >= 0.3 is 6.09 Å². The van der Waals surface area contributed by atoms with E-state index in [1.54, 1.807) is 0 Å². The Labute approximate surface area is 160 Å². The molecule has 2 aromatic rings. The molecular weight excluding hydrogens is 338 g/mol. The van der Waals surface area contributed by atoms with Crippen molar-refractivity contribution in [1.82, 2.24) is 15.2 Å². The van der Waals surface area contributed by atoms with Crippen LogP contribution in [-0.2, 0) is 11.2 Å². The van der Waals surface area contributed by atoms with Crippen LogP contribution in [0, 0.1) is 5.92 Å². The van der Waals surface area contributed by atoms with Gasteiger partial charge in [0.1, 0.15) is 6.10 Å². The second-order valence-electron chi connectivity index (χ2n) is 8.70. The highest BCUT2D eigenvalue weighted by atomic mass is 16.6. The zero-order chi connectivity index (χ0) is 18.4. The van der Waals surface area contributed by atoms with Gasteiger partial charge in [-0.2, -0.15) is 0 Å². The van der Waals surface area contributed by atoms with Gasteiger partial charge < -0.3 is 19.9 Å². The van der Waals surface area contributed by atoms with Crippen LogP contribution >= 0.6 is 0 Å². The molecule has 5 rings (SSSR count). The molecule has 1 saturated carbocycles. The summed E-state index contributed by atoms with van der Waals surface area (Å²) >= 11 is 0. The van der Waals surface area contributed by atoms with Crippen molar-refractivity contribution in [3.05, 3.63) is 35.5 Å². The lowest BCUT2D eigenvalue weighted by Crippen LogP contribution is -2.50. The summed E-state index contributed by atoms with van der Waals surface area (Å²) in [5.74, 6) is 0.997. The van der Waals surface area contributed by atoms with Crippen LogP contribution in [0.2, 0.25) is 0 Å². The number of carbonyl (C=O) groups excluding carboxylic acids is 1. The maximum atomic E-state index is 12.1. The number of hydrogen-bond donors (Lipinski definition) is 2. The highest BCUT2D eigenvalue weighted by molar-refractivity contribution is 5.88. The zero-order valence-electron chi connectivity index (χ0n) is 16.0. The number of hydrogen-bond acceptors (Lipinski definition) is 3. The second kappa shape index (κ2) is 6.86. The molecule has 5 heteroatoms. The number of alkyl carbamates (subject to hydrolysis) is 1. The number of likely N-dealkylation sites (tertiary alicyclic amines) is 1. The number of rotatable bonds is 3. The lowest BCUT2D eigenvalue weighted by atomic mass is 9.72. The molecule has 5 nitrogen and oxygen atoms in total. The number of aromatic amines is 1. The number of nitrogens with one attached hydrogen (secondary N) is 2. The van der Waals surface area contributed by atoms with Crippen LogP contribution in [0.3, 0.4) is 0 Å². The van der Waals surface area contributed by atoms with Gasteiger partial charge in [-0.3, -0.25) is 0 Å². The summed E-state index contributed by atoms with van der Waals surface area (Å²) in [4.78, 5) is 18.1. The van der Waals surface area contributed by atoms with E-state index in [0.717, 1.165) is 32.2 Å². The maximum Gasteiger partial charge on any atom is 0.407 e. The Morgan fingerprint density at radius 3 is 3.04 bits per heavy atom. The number of fused-ring (bicyclic) bond motifs is 2. The molecule has 1 aromatic carbocycles. The van der Waals surface area contributed by atoms with Gasteiger partial charge in [0.15, 0.2) is 0 Å².